The fraction of sp³-hybridized carbons (Fsp3) is 0.600. The molecule has 0 aliphatic carbocycles. The zero-order valence-electron chi connectivity index (χ0n) is 11.4. The van der Waals surface area contributed by atoms with Gasteiger partial charge in [0.05, 0.1) is 0 Å². The molecule has 1 saturated heterocycles. The number of fused-ring (bicyclic) bond motifs is 1. The zero-order chi connectivity index (χ0) is 12.5. The Balaban J connectivity index is 1.68. The lowest BCUT2D eigenvalue weighted by molar-refractivity contribution is 0.114. The summed E-state index contributed by atoms with van der Waals surface area (Å²) in [5, 5.41) is 0. The summed E-state index contributed by atoms with van der Waals surface area (Å²) >= 11 is 0. The summed E-state index contributed by atoms with van der Waals surface area (Å²) in [7, 11) is 4.34. The maximum atomic E-state index is 6.12. The minimum atomic E-state index is 0.394. The Morgan fingerprint density at radius 3 is 2.67 bits per heavy atom. The number of likely N-dealkylation sites (N-methyl/N-ethyl adjacent to an activating group) is 1. The van der Waals surface area contributed by atoms with Crippen LogP contribution in [0, 0.1) is 0 Å². The van der Waals surface area contributed by atoms with Crippen LogP contribution in [0.1, 0.15) is 18.4 Å². The highest BCUT2D eigenvalue weighted by atomic mass is 16.5. The lowest BCUT2D eigenvalue weighted by Crippen LogP contribution is -2.35. The monoisotopic (exact) mass is 246 g/mol. The molecule has 0 saturated carbocycles. The minimum Gasteiger partial charge on any atom is -0.490 e. The van der Waals surface area contributed by atoms with E-state index in [4.69, 9.17) is 4.74 Å². The van der Waals surface area contributed by atoms with Crippen molar-refractivity contribution in [3.63, 3.8) is 0 Å². The van der Waals surface area contributed by atoms with Crippen molar-refractivity contribution in [2.75, 3.05) is 38.6 Å². The second-order valence-corrected chi connectivity index (χ2v) is 5.58. The first kappa shape index (κ1) is 11.8. The Labute approximate surface area is 109 Å². The smallest absolute Gasteiger partial charge is 0.121 e. The molecule has 2 aliphatic heterocycles. The summed E-state index contributed by atoms with van der Waals surface area (Å²) in [6, 6.07) is 6.57. The molecule has 0 unspecified atom stereocenters. The van der Waals surface area contributed by atoms with Gasteiger partial charge in [-0.15, -0.1) is 0 Å². The lowest BCUT2D eigenvalue weighted by atomic mass is 10.1. The number of likely N-dealkylation sites (tertiary alicyclic amines) is 1. The Morgan fingerprint density at radius 2 is 1.89 bits per heavy atom. The highest BCUT2D eigenvalue weighted by Gasteiger charge is 2.20. The molecule has 18 heavy (non-hydrogen) atoms. The van der Waals surface area contributed by atoms with Crippen LogP contribution in [-0.4, -0.2) is 44.7 Å². The summed E-state index contributed by atoms with van der Waals surface area (Å²) < 4.78 is 6.12. The maximum absolute atomic E-state index is 6.12. The van der Waals surface area contributed by atoms with Crippen LogP contribution >= 0.6 is 0 Å². The number of hydrogen-bond acceptors (Lipinski definition) is 3. The highest BCUT2D eigenvalue weighted by molar-refractivity contribution is 5.60. The average Bonchev–Trinajstić information content (AvgIpc) is 2.74. The van der Waals surface area contributed by atoms with E-state index >= 15 is 0 Å². The molecule has 1 fully saturated rings. The summed E-state index contributed by atoms with van der Waals surface area (Å²) in [5.74, 6) is 1.04. The Hall–Kier alpha value is -1.22. The SMILES string of the molecule is CN1CCC(Oc2ccc3c(c2)N(C)CC3)CC1. The molecular formula is C15H22N2O. The van der Waals surface area contributed by atoms with Gasteiger partial charge in [0.15, 0.2) is 0 Å². The molecule has 3 nitrogen and oxygen atoms in total. The van der Waals surface area contributed by atoms with E-state index in [1.807, 2.05) is 0 Å². The van der Waals surface area contributed by atoms with E-state index in [0.29, 0.717) is 6.10 Å². The van der Waals surface area contributed by atoms with Crippen LogP contribution in [0.4, 0.5) is 5.69 Å². The zero-order valence-corrected chi connectivity index (χ0v) is 11.4. The van der Waals surface area contributed by atoms with Gasteiger partial charge in [-0.2, -0.15) is 0 Å². The van der Waals surface area contributed by atoms with Gasteiger partial charge >= 0.3 is 0 Å². The Bertz CT molecular complexity index is 425. The van der Waals surface area contributed by atoms with Gasteiger partial charge in [0.2, 0.25) is 0 Å². The molecule has 0 amide bonds. The number of piperidine rings is 1. The average molecular weight is 246 g/mol. The molecule has 2 heterocycles. The molecule has 3 rings (SSSR count). The molecule has 1 aromatic rings. The third-order valence-corrected chi connectivity index (χ3v) is 4.15. The third-order valence-electron chi connectivity index (χ3n) is 4.15. The van der Waals surface area contributed by atoms with Crippen molar-refractivity contribution in [3.05, 3.63) is 23.8 Å². The van der Waals surface area contributed by atoms with Gasteiger partial charge in [-0.05, 0) is 37.9 Å². The first-order chi connectivity index (χ1) is 8.72. The number of anilines is 1. The second kappa shape index (κ2) is 4.81. The summed E-state index contributed by atoms with van der Waals surface area (Å²) in [6.07, 6.45) is 3.85. The number of nitrogens with zero attached hydrogens (tertiary/aromatic N) is 2. The van der Waals surface area contributed by atoms with Crippen molar-refractivity contribution >= 4 is 5.69 Å². The molecule has 0 bridgehead atoms. The molecular weight excluding hydrogens is 224 g/mol. The van der Waals surface area contributed by atoms with Gasteiger partial charge in [0.1, 0.15) is 11.9 Å². The van der Waals surface area contributed by atoms with E-state index in [-0.39, 0.29) is 0 Å². The molecule has 0 N–H and O–H groups in total. The van der Waals surface area contributed by atoms with Crippen LogP contribution in [0.2, 0.25) is 0 Å². The van der Waals surface area contributed by atoms with E-state index in [9.17, 15) is 0 Å². The normalized spacial score (nSPS) is 21.1. The van der Waals surface area contributed by atoms with Gasteiger partial charge in [-0.1, -0.05) is 6.07 Å². The lowest BCUT2D eigenvalue weighted by Gasteiger charge is -2.29. The fourth-order valence-corrected chi connectivity index (χ4v) is 2.89. The predicted molar refractivity (Wildman–Crippen MR) is 74.6 cm³/mol. The molecule has 2 aliphatic rings. The van der Waals surface area contributed by atoms with Crippen LogP contribution in [-0.2, 0) is 6.42 Å². The van der Waals surface area contributed by atoms with Crippen LogP contribution < -0.4 is 9.64 Å². The molecule has 3 heteroatoms. The predicted octanol–water partition coefficient (Wildman–Crippen LogP) is 2.15. The summed E-state index contributed by atoms with van der Waals surface area (Å²) in [6.45, 7) is 3.43. The largest absolute Gasteiger partial charge is 0.490 e. The van der Waals surface area contributed by atoms with Crippen molar-refractivity contribution in [3.8, 4) is 5.75 Å². The number of hydrogen-bond donors (Lipinski definition) is 0. The van der Waals surface area contributed by atoms with Crippen LogP contribution in [0.25, 0.3) is 0 Å². The summed E-state index contributed by atoms with van der Waals surface area (Å²) in [5.41, 5.74) is 2.80. The van der Waals surface area contributed by atoms with Crippen molar-refractivity contribution < 1.29 is 4.74 Å². The first-order valence-corrected chi connectivity index (χ1v) is 6.91. The molecule has 0 aromatic heterocycles. The Morgan fingerprint density at radius 1 is 1.11 bits per heavy atom. The maximum Gasteiger partial charge on any atom is 0.121 e. The molecule has 0 atom stereocenters. The summed E-state index contributed by atoms with van der Waals surface area (Å²) in [4.78, 5) is 4.69. The fourth-order valence-electron chi connectivity index (χ4n) is 2.89. The molecule has 98 valence electrons. The number of benzene rings is 1. The van der Waals surface area contributed by atoms with Crippen LogP contribution in [0.15, 0.2) is 18.2 Å². The van der Waals surface area contributed by atoms with E-state index in [2.05, 4.69) is 42.1 Å². The van der Waals surface area contributed by atoms with Gasteiger partial charge in [-0.25, -0.2) is 0 Å². The van der Waals surface area contributed by atoms with Crippen molar-refractivity contribution in [2.45, 2.75) is 25.4 Å². The van der Waals surface area contributed by atoms with Gasteiger partial charge in [-0.3, -0.25) is 0 Å². The van der Waals surface area contributed by atoms with E-state index in [0.717, 1.165) is 38.2 Å². The highest BCUT2D eigenvalue weighted by Crippen LogP contribution is 2.31. The van der Waals surface area contributed by atoms with E-state index < -0.39 is 0 Å². The first-order valence-electron chi connectivity index (χ1n) is 6.91. The van der Waals surface area contributed by atoms with Crippen molar-refractivity contribution in [1.29, 1.82) is 0 Å². The molecule has 0 spiro atoms. The van der Waals surface area contributed by atoms with E-state index in [1.54, 1.807) is 0 Å². The number of rotatable bonds is 2. The second-order valence-electron chi connectivity index (χ2n) is 5.58. The Kier molecular flexibility index (Phi) is 3.16. The van der Waals surface area contributed by atoms with Gasteiger partial charge in [0.25, 0.3) is 0 Å². The van der Waals surface area contributed by atoms with Crippen LogP contribution in [0.5, 0.6) is 5.75 Å². The molecule has 0 radical (unpaired) electrons. The van der Waals surface area contributed by atoms with Crippen molar-refractivity contribution in [1.82, 2.24) is 4.90 Å². The minimum absolute atomic E-state index is 0.394. The molecule has 1 aromatic carbocycles. The van der Waals surface area contributed by atoms with E-state index in [1.165, 1.54) is 17.7 Å². The standard InChI is InChI=1S/C15H22N2O/c1-16-8-6-13(7-9-16)18-14-4-3-12-5-10-17(2)15(12)11-14/h3-4,11,13H,5-10H2,1-2H3. The number of ether oxygens (including phenoxy) is 1. The van der Waals surface area contributed by atoms with Gasteiger partial charge < -0.3 is 14.5 Å². The topological polar surface area (TPSA) is 15.7 Å². The van der Waals surface area contributed by atoms with Crippen molar-refractivity contribution in [2.24, 2.45) is 0 Å². The van der Waals surface area contributed by atoms with Gasteiger partial charge in [0, 0.05) is 38.4 Å². The van der Waals surface area contributed by atoms with Crippen LogP contribution in [0.3, 0.4) is 0 Å². The third kappa shape index (κ3) is 2.32. The quantitative estimate of drug-likeness (QED) is 0.795.